The molecule has 1 heterocycles. The zero-order valence-corrected chi connectivity index (χ0v) is 13.2. The molecule has 0 radical (unpaired) electrons. The lowest BCUT2D eigenvalue weighted by Crippen LogP contribution is -2.32. The van der Waals surface area contributed by atoms with Crippen LogP contribution >= 0.6 is 11.6 Å². The molecule has 2 rings (SSSR count). The summed E-state index contributed by atoms with van der Waals surface area (Å²) in [7, 11) is 1.63. The molecule has 1 aliphatic rings. The highest BCUT2D eigenvalue weighted by atomic mass is 35.5. The summed E-state index contributed by atoms with van der Waals surface area (Å²) in [5.41, 5.74) is 0.937. The van der Waals surface area contributed by atoms with Crippen LogP contribution in [0.2, 0.25) is 5.02 Å². The standard InChI is InChI=1S/C16H23ClO3/c1-9-10(2)20-11(3)16(9)14(18)8-12-7-13(17)5-6-15(12)19-4/h5-7,9-11,14,16,18H,8H2,1-4H3. The van der Waals surface area contributed by atoms with Gasteiger partial charge in [-0.15, -0.1) is 0 Å². The summed E-state index contributed by atoms with van der Waals surface area (Å²) < 4.78 is 11.1. The molecular formula is C16H23ClO3. The van der Waals surface area contributed by atoms with E-state index < -0.39 is 6.10 Å². The maximum absolute atomic E-state index is 10.6. The first-order valence-electron chi connectivity index (χ1n) is 7.10. The Morgan fingerprint density at radius 2 is 2.00 bits per heavy atom. The fraction of sp³-hybridized carbons (Fsp3) is 0.625. The van der Waals surface area contributed by atoms with Crippen molar-refractivity contribution < 1.29 is 14.6 Å². The van der Waals surface area contributed by atoms with Gasteiger partial charge >= 0.3 is 0 Å². The molecule has 112 valence electrons. The Bertz CT molecular complexity index is 463. The van der Waals surface area contributed by atoms with Crippen LogP contribution in [0.25, 0.3) is 0 Å². The van der Waals surface area contributed by atoms with Crippen molar-refractivity contribution in [3.63, 3.8) is 0 Å². The number of hydrogen-bond donors (Lipinski definition) is 1. The summed E-state index contributed by atoms with van der Waals surface area (Å²) in [5, 5.41) is 11.3. The van der Waals surface area contributed by atoms with Crippen molar-refractivity contribution in [1.29, 1.82) is 0 Å². The van der Waals surface area contributed by atoms with Gasteiger partial charge in [0.05, 0.1) is 25.4 Å². The number of methoxy groups -OCH3 is 1. The normalized spacial score (nSPS) is 31.3. The molecule has 1 aromatic rings. The molecule has 1 saturated heterocycles. The number of hydrogen-bond acceptors (Lipinski definition) is 3. The van der Waals surface area contributed by atoms with Crippen molar-refractivity contribution in [3.8, 4) is 5.75 Å². The van der Waals surface area contributed by atoms with Gasteiger partial charge in [-0.2, -0.15) is 0 Å². The molecule has 4 heteroatoms. The Morgan fingerprint density at radius 3 is 2.55 bits per heavy atom. The second-order valence-electron chi connectivity index (χ2n) is 5.71. The minimum atomic E-state index is -0.461. The number of halogens is 1. The Hall–Kier alpha value is -0.770. The van der Waals surface area contributed by atoms with E-state index in [1.807, 2.05) is 19.1 Å². The van der Waals surface area contributed by atoms with Crippen molar-refractivity contribution >= 4 is 11.6 Å². The molecule has 0 spiro atoms. The summed E-state index contributed by atoms with van der Waals surface area (Å²) in [4.78, 5) is 0. The van der Waals surface area contributed by atoms with Gasteiger partial charge in [-0.3, -0.25) is 0 Å². The van der Waals surface area contributed by atoms with Gasteiger partial charge in [0.2, 0.25) is 0 Å². The molecule has 0 saturated carbocycles. The van der Waals surface area contributed by atoms with E-state index in [0.29, 0.717) is 17.4 Å². The van der Waals surface area contributed by atoms with E-state index in [9.17, 15) is 5.11 Å². The molecule has 5 atom stereocenters. The minimum absolute atomic E-state index is 0.0696. The third-order valence-electron chi connectivity index (χ3n) is 4.43. The zero-order valence-electron chi connectivity index (χ0n) is 12.5. The molecule has 1 N–H and O–H groups in total. The predicted molar refractivity (Wildman–Crippen MR) is 80.4 cm³/mol. The Kier molecular flexibility index (Phi) is 4.95. The monoisotopic (exact) mass is 298 g/mol. The summed E-state index contributed by atoms with van der Waals surface area (Å²) >= 11 is 6.04. The van der Waals surface area contributed by atoms with Crippen molar-refractivity contribution in [2.45, 2.75) is 45.5 Å². The second-order valence-corrected chi connectivity index (χ2v) is 6.15. The zero-order chi connectivity index (χ0) is 14.9. The van der Waals surface area contributed by atoms with Gasteiger partial charge in [0.15, 0.2) is 0 Å². The highest BCUT2D eigenvalue weighted by Crippen LogP contribution is 2.36. The number of rotatable bonds is 4. The fourth-order valence-electron chi connectivity index (χ4n) is 3.22. The van der Waals surface area contributed by atoms with E-state index in [1.54, 1.807) is 13.2 Å². The van der Waals surface area contributed by atoms with Crippen LogP contribution in [0, 0.1) is 11.8 Å². The highest BCUT2D eigenvalue weighted by Gasteiger charge is 2.41. The van der Waals surface area contributed by atoms with Gasteiger partial charge in [0, 0.05) is 17.4 Å². The summed E-state index contributed by atoms with van der Waals surface area (Å²) in [5.74, 6) is 1.24. The predicted octanol–water partition coefficient (Wildman–Crippen LogP) is 3.31. The smallest absolute Gasteiger partial charge is 0.122 e. The molecule has 1 aliphatic heterocycles. The van der Waals surface area contributed by atoms with Gasteiger partial charge < -0.3 is 14.6 Å². The lowest BCUT2D eigenvalue weighted by Gasteiger charge is -2.25. The molecule has 0 amide bonds. The van der Waals surface area contributed by atoms with Crippen LogP contribution in [-0.4, -0.2) is 30.5 Å². The quantitative estimate of drug-likeness (QED) is 0.927. The van der Waals surface area contributed by atoms with Crippen LogP contribution in [0.3, 0.4) is 0 Å². The Morgan fingerprint density at radius 1 is 1.30 bits per heavy atom. The van der Waals surface area contributed by atoms with E-state index in [4.69, 9.17) is 21.1 Å². The molecule has 1 aromatic carbocycles. The Balaban J connectivity index is 2.15. The largest absolute Gasteiger partial charge is 0.496 e. The molecular weight excluding hydrogens is 276 g/mol. The van der Waals surface area contributed by atoms with E-state index >= 15 is 0 Å². The average Bonchev–Trinajstić information content (AvgIpc) is 2.63. The van der Waals surface area contributed by atoms with E-state index in [1.165, 1.54) is 0 Å². The number of aliphatic hydroxyl groups excluding tert-OH is 1. The lowest BCUT2D eigenvalue weighted by atomic mass is 9.82. The maximum atomic E-state index is 10.6. The molecule has 1 fully saturated rings. The lowest BCUT2D eigenvalue weighted by molar-refractivity contribution is 0.0238. The number of benzene rings is 1. The maximum Gasteiger partial charge on any atom is 0.122 e. The SMILES string of the molecule is COc1ccc(Cl)cc1CC(O)C1C(C)OC(C)C1C. The molecule has 3 nitrogen and oxygen atoms in total. The molecule has 20 heavy (non-hydrogen) atoms. The van der Waals surface area contributed by atoms with Gasteiger partial charge in [-0.05, 0) is 43.5 Å². The van der Waals surface area contributed by atoms with Crippen LogP contribution in [-0.2, 0) is 11.2 Å². The van der Waals surface area contributed by atoms with Crippen LogP contribution in [0.5, 0.6) is 5.75 Å². The number of aliphatic hydroxyl groups is 1. The summed E-state index contributed by atoms with van der Waals surface area (Å²) in [6, 6.07) is 5.49. The summed E-state index contributed by atoms with van der Waals surface area (Å²) in [6.07, 6.45) is 0.322. The van der Waals surface area contributed by atoms with Gasteiger partial charge in [-0.25, -0.2) is 0 Å². The summed E-state index contributed by atoms with van der Waals surface area (Å²) in [6.45, 7) is 6.23. The van der Waals surface area contributed by atoms with E-state index in [0.717, 1.165) is 11.3 Å². The van der Waals surface area contributed by atoms with E-state index in [2.05, 4.69) is 13.8 Å². The molecule has 5 unspecified atom stereocenters. The number of ether oxygens (including phenoxy) is 2. The first kappa shape index (κ1) is 15.6. The molecule has 0 bridgehead atoms. The third kappa shape index (κ3) is 3.11. The van der Waals surface area contributed by atoms with Crippen molar-refractivity contribution in [3.05, 3.63) is 28.8 Å². The average molecular weight is 299 g/mol. The van der Waals surface area contributed by atoms with Gasteiger partial charge in [-0.1, -0.05) is 18.5 Å². The third-order valence-corrected chi connectivity index (χ3v) is 4.67. The molecule has 0 aromatic heterocycles. The van der Waals surface area contributed by atoms with Crippen molar-refractivity contribution in [2.75, 3.05) is 7.11 Å². The van der Waals surface area contributed by atoms with Crippen LogP contribution < -0.4 is 4.74 Å². The highest BCUT2D eigenvalue weighted by molar-refractivity contribution is 6.30. The van der Waals surface area contributed by atoms with Gasteiger partial charge in [0.1, 0.15) is 5.75 Å². The van der Waals surface area contributed by atoms with Gasteiger partial charge in [0.25, 0.3) is 0 Å². The first-order chi connectivity index (χ1) is 9.43. The Labute approximate surface area is 125 Å². The van der Waals surface area contributed by atoms with Crippen LogP contribution in [0.15, 0.2) is 18.2 Å². The van der Waals surface area contributed by atoms with Crippen LogP contribution in [0.4, 0.5) is 0 Å². The van der Waals surface area contributed by atoms with E-state index in [-0.39, 0.29) is 18.1 Å². The molecule has 0 aliphatic carbocycles. The van der Waals surface area contributed by atoms with Crippen LogP contribution in [0.1, 0.15) is 26.3 Å². The van der Waals surface area contributed by atoms with Crippen molar-refractivity contribution in [1.82, 2.24) is 0 Å². The second kappa shape index (κ2) is 6.33. The topological polar surface area (TPSA) is 38.7 Å². The first-order valence-corrected chi connectivity index (χ1v) is 7.47. The van der Waals surface area contributed by atoms with Crippen molar-refractivity contribution in [2.24, 2.45) is 11.8 Å². The minimum Gasteiger partial charge on any atom is -0.496 e. The fourth-order valence-corrected chi connectivity index (χ4v) is 3.42.